The van der Waals surface area contributed by atoms with Gasteiger partial charge in [0.15, 0.2) is 11.5 Å². The molecular formula is C41H49N5O8. The van der Waals surface area contributed by atoms with Crippen LogP contribution in [-0.4, -0.2) is 91.3 Å². The summed E-state index contributed by atoms with van der Waals surface area (Å²) in [4.78, 5) is 44.3. The normalized spacial score (nSPS) is 19.5. The third kappa shape index (κ3) is 9.33. The molecule has 4 atom stereocenters. The number of rotatable bonds is 7. The Morgan fingerprint density at radius 2 is 1.63 bits per heavy atom. The first kappa shape index (κ1) is 38.2. The molecule has 0 radical (unpaired) electrons. The fraction of sp³-hybridized carbons (Fsp3) is 0.390. The van der Waals surface area contributed by atoms with E-state index in [1.54, 1.807) is 60.2 Å². The standard InChI is InChI=1S/C41H49N5O8/c1-26-22-46(27(2)24-47)39(48)33-20-30(42-40(49)43-31-16-18-36-37(21-31)53-25-52-36)15-17-35(33)54-28(3)10-7-8-19-51-38(26)23-45(4)41(50)44-34-14-9-12-29-11-5-6-13-32(29)34/h5-6,9,11-18,20-21,26-28,38,47H,7-8,10,19,22-25H2,1-4H3,(H,44,50)(H2,42,43,49)/t26-,27+,28+,38-/m0/s1. The number of likely N-dealkylation sites (N-methyl/N-ethyl adjacent to an activating group) is 1. The molecule has 4 aromatic rings. The van der Waals surface area contributed by atoms with Crippen molar-refractivity contribution >= 4 is 45.8 Å². The van der Waals surface area contributed by atoms with Crippen molar-refractivity contribution in [2.45, 2.75) is 58.3 Å². The van der Waals surface area contributed by atoms with E-state index in [0.29, 0.717) is 40.9 Å². The zero-order chi connectivity index (χ0) is 38.2. The van der Waals surface area contributed by atoms with Crippen LogP contribution in [0.4, 0.5) is 26.7 Å². The molecule has 5 amide bonds. The highest BCUT2D eigenvalue weighted by atomic mass is 16.7. The molecule has 4 aromatic carbocycles. The highest BCUT2D eigenvalue weighted by Crippen LogP contribution is 2.34. The Labute approximate surface area is 315 Å². The predicted octanol–water partition coefficient (Wildman–Crippen LogP) is 7.17. The van der Waals surface area contributed by atoms with Crippen molar-refractivity contribution in [1.29, 1.82) is 0 Å². The number of urea groups is 2. The second-order valence-corrected chi connectivity index (χ2v) is 14.0. The molecule has 2 aliphatic heterocycles. The number of nitrogens with one attached hydrogen (secondary N) is 3. The third-order valence-electron chi connectivity index (χ3n) is 9.77. The lowest BCUT2D eigenvalue weighted by atomic mass is 10.0. The number of fused-ring (bicyclic) bond motifs is 3. The number of hydrogen-bond donors (Lipinski definition) is 4. The lowest BCUT2D eigenvalue weighted by Crippen LogP contribution is -2.48. The van der Waals surface area contributed by atoms with Crippen molar-refractivity contribution in [2.24, 2.45) is 5.92 Å². The molecule has 13 heteroatoms. The van der Waals surface area contributed by atoms with Crippen molar-refractivity contribution in [3.05, 3.63) is 84.4 Å². The molecule has 4 N–H and O–H groups in total. The summed E-state index contributed by atoms with van der Waals surface area (Å²) in [5.41, 5.74) is 1.85. The Morgan fingerprint density at radius 3 is 2.43 bits per heavy atom. The monoisotopic (exact) mass is 739 g/mol. The van der Waals surface area contributed by atoms with Gasteiger partial charge >= 0.3 is 12.1 Å². The van der Waals surface area contributed by atoms with E-state index in [4.69, 9.17) is 18.9 Å². The van der Waals surface area contributed by atoms with E-state index in [1.165, 1.54) is 0 Å². The molecule has 0 aromatic heterocycles. The molecule has 0 bridgehead atoms. The van der Waals surface area contributed by atoms with Crippen LogP contribution in [-0.2, 0) is 4.74 Å². The Bertz CT molecular complexity index is 1950. The summed E-state index contributed by atoms with van der Waals surface area (Å²) in [5.74, 6) is 0.903. The van der Waals surface area contributed by atoms with Crippen molar-refractivity contribution in [1.82, 2.24) is 9.80 Å². The number of carbonyl (C=O) groups excluding carboxylic acids is 3. The molecule has 286 valence electrons. The summed E-state index contributed by atoms with van der Waals surface area (Å²) in [7, 11) is 1.73. The van der Waals surface area contributed by atoms with Crippen LogP contribution in [0.25, 0.3) is 10.8 Å². The quantitative estimate of drug-likeness (QED) is 0.156. The van der Waals surface area contributed by atoms with Crippen LogP contribution < -0.4 is 30.2 Å². The zero-order valence-corrected chi connectivity index (χ0v) is 31.2. The minimum atomic E-state index is -0.558. The Morgan fingerprint density at radius 1 is 0.907 bits per heavy atom. The molecule has 0 spiro atoms. The third-order valence-corrected chi connectivity index (χ3v) is 9.77. The number of benzene rings is 4. The van der Waals surface area contributed by atoms with Gasteiger partial charge in [-0.1, -0.05) is 43.3 Å². The maximum Gasteiger partial charge on any atom is 0.323 e. The van der Waals surface area contributed by atoms with Gasteiger partial charge in [-0.05, 0) is 74.9 Å². The first-order chi connectivity index (χ1) is 26.1. The number of aliphatic hydroxyl groups is 1. The van der Waals surface area contributed by atoms with Crippen LogP contribution in [0.5, 0.6) is 17.2 Å². The summed E-state index contributed by atoms with van der Waals surface area (Å²) in [6.07, 6.45) is 1.70. The fourth-order valence-corrected chi connectivity index (χ4v) is 6.63. The van der Waals surface area contributed by atoms with Gasteiger partial charge in [0.1, 0.15) is 5.75 Å². The Hall–Kier alpha value is -5.53. The lowest BCUT2D eigenvalue weighted by Gasteiger charge is -2.35. The van der Waals surface area contributed by atoms with Gasteiger partial charge in [0.2, 0.25) is 6.79 Å². The lowest BCUT2D eigenvalue weighted by molar-refractivity contribution is -0.0115. The molecule has 6 rings (SSSR count). The first-order valence-corrected chi connectivity index (χ1v) is 18.4. The molecule has 54 heavy (non-hydrogen) atoms. The predicted molar refractivity (Wildman–Crippen MR) is 208 cm³/mol. The van der Waals surface area contributed by atoms with Crippen LogP contribution in [0.15, 0.2) is 78.9 Å². The van der Waals surface area contributed by atoms with Gasteiger partial charge in [-0.3, -0.25) is 4.79 Å². The van der Waals surface area contributed by atoms with Gasteiger partial charge in [0.05, 0.1) is 36.1 Å². The number of ether oxygens (including phenoxy) is 4. The Balaban J connectivity index is 1.20. The largest absolute Gasteiger partial charge is 0.490 e. The van der Waals surface area contributed by atoms with Crippen LogP contribution >= 0.6 is 0 Å². The van der Waals surface area contributed by atoms with Crippen molar-refractivity contribution in [3.63, 3.8) is 0 Å². The summed E-state index contributed by atoms with van der Waals surface area (Å²) in [5, 5.41) is 20.9. The van der Waals surface area contributed by atoms with Crippen LogP contribution in [0.2, 0.25) is 0 Å². The highest BCUT2D eigenvalue weighted by molar-refractivity contribution is 6.03. The molecule has 0 saturated carbocycles. The number of nitrogens with zero attached hydrogens (tertiary/aromatic N) is 2. The van der Waals surface area contributed by atoms with Crippen LogP contribution in [0.1, 0.15) is 50.4 Å². The molecular weight excluding hydrogens is 690 g/mol. The number of hydrogen-bond acceptors (Lipinski definition) is 8. The number of aliphatic hydroxyl groups excluding tert-OH is 1. The Kier molecular flexibility index (Phi) is 12.4. The fourth-order valence-electron chi connectivity index (χ4n) is 6.63. The van der Waals surface area contributed by atoms with Crippen molar-refractivity contribution in [2.75, 3.05) is 56.1 Å². The molecule has 0 unspecified atom stereocenters. The van der Waals surface area contributed by atoms with Crippen LogP contribution in [0, 0.1) is 5.92 Å². The van der Waals surface area contributed by atoms with E-state index in [0.717, 1.165) is 30.0 Å². The summed E-state index contributed by atoms with van der Waals surface area (Å²) >= 11 is 0. The van der Waals surface area contributed by atoms with E-state index in [2.05, 4.69) is 16.0 Å². The molecule has 0 saturated heterocycles. The SMILES string of the molecule is C[C@@H]1CCCCO[C@@H](CN(C)C(=O)Nc2cccc3ccccc23)[C@@H](C)CN([C@H](C)CO)C(=O)c2cc(NC(=O)Nc3ccc4c(c3)OCO4)ccc2O1. The smallest absolute Gasteiger partial charge is 0.323 e. The molecule has 2 aliphatic rings. The van der Waals surface area contributed by atoms with Crippen molar-refractivity contribution in [3.8, 4) is 17.2 Å². The minimum Gasteiger partial charge on any atom is -0.490 e. The maximum atomic E-state index is 14.5. The molecule has 0 fully saturated rings. The van der Waals surface area contributed by atoms with E-state index >= 15 is 0 Å². The van der Waals surface area contributed by atoms with Gasteiger partial charge in [-0.15, -0.1) is 0 Å². The van der Waals surface area contributed by atoms with E-state index in [1.807, 2.05) is 56.3 Å². The minimum absolute atomic E-state index is 0.119. The van der Waals surface area contributed by atoms with Gasteiger partial charge in [-0.2, -0.15) is 0 Å². The average molecular weight is 740 g/mol. The summed E-state index contributed by atoms with van der Waals surface area (Å²) in [6, 6.07) is 22.4. The summed E-state index contributed by atoms with van der Waals surface area (Å²) in [6.45, 7) is 6.52. The molecule has 2 heterocycles. The van der Waals surface area contributed by atoms with E-state index in [-0.39, 0.29) is 56.0 Å². The number of anilines is 3. The van der Waals surface area contributed by atoms with E-state index < -0.39 is 18.2 Å². The second kappa shape index (κ2) is 17.5. The second-order valence-electron chi connectivity index (χ2n) is 14.0. The van der Waals surface area contributed by atoms with Gasteiger partial charge < -0.3 is 49.8 Å². The van der Waals surface area contributed by atoms with Gasteiger partial charge in [0, 0.05) is 55.5 Å². The number of amides is 5. The summed E-state index contributed by atoms with van der Waals surface area (Å²) < 4.78 is 23.5. The topological polar surface area (TPSA) is 151 Å². The highest BCUT2D eigenvalue weighted by Gasteiger charge is 2.31. The average Bonchev–Trinajstić information content (AvgIpc) is 3.64. The van der Waals surface area contributed by atoms with Crippen LogP contribution in [0.3, 0.4) is 0 Å². The van der Waals surface area contributed by atoms with Gasteiger partial charge in [0.25, 0.3) is 5.91 Å². The van der Waals surface area contributed by atoms with E-state index in [9.17, 15) is 19.5 Å². The zero-order valence-electron chi connectivity index (χ0n) is 31.2. The van der Waals surface area contributed by atoms with Crippen molar-refractivity contribution < 1.29 is 38.4 Å². The number of carbonyl (C=O) groups is 3. The molecule has 0 aliphatic carbocycles. The van der Waals surface area contributed by atoms with Gasteiger partial charge in [-0.25, -0.2) is 9.59 Å². The first-order valence-electron chi connectivity index (χ1n) is 18.4. The molecule has 13 nitrogen and oxygen atoms in total. The maximum absolute atomic E-state index is 14.5.